The first kappa shape index (κ1) is 24.2. The molecule has 0 bridgehead atoms. The normalized spacial score (nSPS) is 12.0. The standard InChI is InChI=1S/C26H28N2O4S/c1-20-9-13-23(14-10-20)33(30,31)28(19-25(29)32-26(2,3)4)24-8-6-5-7-22(24)12-11-21-15-17-27-18-16-21/h5-18H,19H2,1-4H3/b12-11+. The van der Waals surface area contributed by atoms with Gasteiger partial charge in [-0.1, -0.05) is 48.0 Å². The van der Waals surface area contributed by atoms with Crippen LogP contribution in [0.4, 0.5) is 5.69 Å². The van der Waals surface area contributed by atoms with Crippen LogP contribution in [0.1, 0.15) is 37.5 Å². The maximum Gasteiger partial charge on any atom is 0.327 e. The summed E-state index contributed by atoms with van der Waals surface area (Å²) < 4.78 is 33.9. The number of aryl methyl sites for hydroxylation is 1. The Morgan fingerprint density at radius 1 is 0.970 bits per heavy atom. The van der Waals surface area contributed by atoms with Crippen molar-refractivity contribution in [2.24, 2.45) is 0 Å². The van der Waals surface area contributed by atoms with Crippen molar-refractivity contribution in [2.45, 2.75) is 38.2 Å². The first-order valence-electron chi connectivity index (χ1n) is 10.5. The van der Waals surface area contributed by atoms with E-state index in [1.54, 1.807) is 75.6 Å². The number of hydrogen-bond donors (Lipinski definition) is 0. The summed E-state index contributed by atoms with van der Waals surface area (Å²) in [6.07, 6.45) is 7.05. The molecule has 3 rings (SSSR count). The van der Waals surface area contributed by atoms with E-state index in [0.29, 0.717) is 11.3 Å². The molecule has 0 atom stereocenters. The second-order valence-corrected chi connectivity index (χ2v) is 10.4. The van der Waals surface area contributed by atoms with Crippen LogP contribution in [-0.4, -0.2) is 31.5 Å². The van der Waals surface area contributed by atoms with Crippen LogP contribution in [-0.2, 0) is 19.6 Å². The zero-order valence-corrected chi connectivity index (χ0v) is 20.0. The summed E-state index contributed by atoms with van der Waals surface area (Å²) in [5, 5.41) is 0. The highest BCUT2D eigenvalue weighted by Crippen LogP contribution is 2.29. The maximum atomic E-state index is 13.7. The average molecular weight is 465 g/mol. The molecule has 0 aliphatic carbocycles. The molecule has 0 unspecified atom stereocenters. The van der Waals surface area contributed by atoms with Crippen LogP contribution in [0.15, 0.2) is 78.0 Å². The third-order valence-corrected chi connectivity index (χ3v) is 6.44. The summed E-state index contributed by atoms with van der Waals surface area (Å²) >= 11 is 0. The molecule has 7 heteroatoms. The molecule has 2 aromatic carbocycles. The fourth-order valence-corrected chi connectivity index (χ4v) is 4.58. The average Bonchev–Trinajstić information content (AvgIpc) is 2.76. The van der Waals surface area contributed by atoms with E-state index < -0.39 is 28.1 Å². The van der Waals surface area contributed by atoms with E-state index >= 15 is 0 Å². The molecule has 0 saturated heterocycles. The van der Waals surface area contributed by atoms with Crippen LogP contribution in [0, 0.1) is 6.92 Å². The van der Waals surface area contributed by atoms with Crippen molar-refractivity contribution in [3.05, 3.63) is 89.7 Å². The number of nitrogens with zero attached hydrogens (tertiary/aromatic N) is 2. The van der Waals surface area contributed by atoms with E-state index in [1.165, 1.54) is 0 Å². The Balaban J connectivity index is 2.07. The predicted octanol–water partition coefficient (Wildman–Crippen LogP) is 5.10. The van der Waals surface area contributed by atoms with Crippen molar-refractivity contribution >= 4 is 33.8 Å². The van der Waals surface area contributed by atoms with Crippen molar-refractivity contribution < 1.29 is 17.9 Å². The lowest BCUT2D eigenvalue weighted by Crippen LogP contribution is -2.39. The molecule has 0 fully saturated rings. The Hall–Kier alpha value is -3.45. The molecule has 172 valence electrons. The van der Waals surface area contributed by atoms with E-state index in [4.69, 9.17) is 4.74 Å². The minimum Gasteiger partial charge on any atom is -0.459 e. The number of anilines is 1. The van der Waals surface area contributed by atoms with Gasteiger partial charge in [-0.2, -0.15) is 0 Å². The highest BCUT2D eigenvalue weighted by atomic mass is 32.2. The van der Waals surface area contributed by atoms with Crippen LogP contribution in [0.5, 0.6) is 0 Å². The number of pyridine rings is 1. The zero-order chi connectivity index (χ0) is 24.1. The van der Waals surface area contributed by atoms with Crippen LogP contribution in [0.25, 0.3) is 12.2 Å². The van der Waals surface area contributed by atoms with Crippen LogP contribution in [0.2, 0.25) is 0 Å². The fraction of sp³-hybridized carbons (Fsp3) is 0.231. The topological polar surface area (TPSA) is 76.6 Å². The molecule has 3 aromatic rings. The van der Waals surface area contributed by atoms with Crippen molar-refractivity contribution in [3.63, 3.8) is 0 Å². The maximum absolute atomic E-state index is 13.7. The van der Waals surface area contributed by atoms with E-state index in [9.17, 15) is 13.2 Å². The third kappa shape index (κ3) is 6.52. The van der Waals surface area contributed by atoms with Gasteiger partial charge in [-0.25, -0.2) is 8.42 Å². The summed E-state index contributed by atoms with van der Waals surface area (Å²) in [6.45, 7) is 6.67. The van der Waals surface area contributed by atoms with Crippen molar-refractivity contribution in [2.75, 3.05) is 10.8 Å². The molecule has 1 heterocycles. The molecule has 0 spiro atoms. The lowest BCUT2D eigenvalue weighted by atomic mass is 10.1. The number of rotatable bonds is 7. The van der Waals surface area contributed by atoms with Gasteiger partial charge in [-0.3, -0.25) is 14.1 Å². The molecule has 1 aromatic heterocycles. The lowest BCUT2D eigenvalue weighted by molar-refractivity contribution is -0.152. The number of para-hydroxylation sites is 1. The number of hydrogen-bond acceptors (Lipinski definition) is 5. The summed E-state index contributed by atoms with van der Waals surface area (Å²) in [6, 6.07) is 17.3. The van der Waals surface area contributed by atoms with Gasteiger partial charge < -0.3 is 4.74 Å². The highest BCUT2D eigenvalue weighted by molar-refractivity contribution is 7.92. The van der Waals surface area contributed by atoms with Gasteiger partial charge in [0.2, 0.25) is 0 Å². The first-order valence-corrected chi connectivity index (χ1v) is 12.0. The molecule has 6 nitrogen and oxygen atoms in total. The highest BCUT2D eigenvalue weighted by Gasteiger charge is 2.30. The summed E-state index contributed by atoms with van der Waals surface area (Å²) in [4.78, 5) is 16.8. The largest absolute Gasteiger partial charge is 0.459 e. The molecule has 33 heavy (non-hydrogen) atoms. The smallest absolute Gasteiger partial charge is 0.327 e. The summed E-state index contributed by atoms with van der Waals surface area (Å²) in [5.74, 6) is -0.633. The van der Waals surface area contributed by atoms with E-state index in [2.05, 4.69) is 4.98 Å². The number of carbonyl (C=O) groups excluding carboxylic acids is 1. The molecule has 0 saturated carbocycles. The van der Waals surface area contributed by atoms with Crippen LogP contribution >= 0.6 is 0 Å². The van der Waals surface area contributed by atoms with Crippen LogP contribution < -0.4 is 4.31 Å². The van der Waals surface area contributed by atoms with Crippen molar-refractivity contribution in [1.82, 2.24) is 4.98 Å². The van der Waals surface area contributed by atoms with Gasteiger partial charge in [0.05, 0.1) is 10.6 Å². The Labute approximate surface area is 195 Å². The molecular formula is C26H28N2O4S. The number of aromatic nitrogens is 1. The van der Waals surface area contributed by atoms with E-state index in [-0.39, 0.29) is 4.90 Å². The van der Waals surface area contributed by atoms with Gasteiger partial charge in [0.1, 0.15) is 12.1 Å². The van der Waals surface area contributed by atoms with Crippen molar-refractivity contribution in [1.29, 1.82) is 0 Å². The Bertz CT molecular complexity index is 1230. The van der Waals surface area contributed by atoms with Gasteiger partial charge in [0, 0.05) is 12.4 Å². The van der Waals surface area contributed by atoms with E-state index in [0.717, 1.165) is 15.4 Å². The van der Waals surface area contributed by atoms with E-state index in [1.807, 2.05) is 37.3 Å². The number of ether oxygens (including phenoxy) is 1. The first-order chi connectivity index (χ1) is 15.6. The zero-order valence-electron chi connectivity index (χ0n) is 19.2. The third-order valence-electron chi connectivity index (χ3n) is 4.67. The number of sulfonamides is 1. The van der Waals surface area contributed by atoms with Crippen LogP contribution in [0.3, 0.4) is 0 Å². The minimum absolute atomic E-state index is 0.101. The number of benzene rings is 2. The quantitative estimate of drug-likeness (QED) is 0.455. The number of esters is 1. The van der Waals surface area contributed by atoms with Gasteiger partial charge in [0.25, 0.3) is 10.0 Å². The summed E-state index contributed by atoms with van der Waals surface area (Å²) in [5.41, 5.74) is 2.15. The number of carbonyl (C=O) groups is 1. The van der Waals surface area contributed by atoms with Gasteiger partial charge in [-0.05, 0) is 69.2 Å². The summed E-state index contributed by atoms with van der Waals surface area (Å²) in [7, 11) is -4.04. The molecule has 0 aliphatic rings. The van der Waals surface area contributed by atoms with Gasteiger partial charge in [-0.15, -0.1) is 0 Å². The molecule has 0 N–H and O–H groups in total. The van der Waals surface area contributed by atoms with Gasteiger partial charge >= 0.3 is 5.97 Å². The predicted molar refractivity (Wildman–Crippen MR) is 131 cm³/mol. The molecular weight excluding hydrogens is 436 g/mol. The molecule has 0 radical (unpaired) electrons. The molecule has 0 aliphatic heterocycles. The monoisotopic (exact) mass is 464 g/mol. The van der Waals surface area contributed by atoms with Gasteiger partial charge in [0.15, 0.2) is 0 Å². The molecule has 0 amide bonds. The second-order valence-electron chi connectivity index (χ2n) is 8.58. The Morgan fingerprint density at radius 2 is 1.61 bits per heavy atom. The Kier molecular flexibility index (Phi) is 7.33. The minimum atomic E-state index is -4.04. The fourth-order valence-electron chi connectivity index (χ4n) is 3.14. The lowest BCUT2D eigenvalue weighted by Gasteiger charge is -2.27. The SMILES string of the molecule is Cc1ccc(S(=O)(=O)N(CC(=O)OC(C)(C)C)c2ccccc2/C=C/c2ccncc2)cc1. The van der Waals surface area contributed by atoms with Crippen molar-refractivity contribution in [3.8, 4) is 0 Å². The second kappa shape index (κ2) is 10.0. The Morgan fingerprint density at radius 3 is 2.24 bits per heavy atom.